The van der Waals surface area contributed by atoms with Gasteiger partial charge in [0.25, 0.3) is 0 Å². The summed E-state index contributed by atoms with van der Waals surface area (Å²) in [6, 6.07) is 6.67. The Bertz CT molecular complexity index is 327. The summed E-state index contributed by atoms with van der Waals surface area (Å²) in [4.78, 5) is 2.52. The molecule has 2 rings (SSSR count). The summed E-state index contributed by atoms with van der Waals surface area (Å²) in [6.45, 7) is 4.60. The zero-order chi connectivity index (χ0) is 10.7. The van der Waals surface area contributed by atoms with Crippen LogP contribution in [0.5, 0.6) is 0 Å². The van der Waals surface area contributed by atoms with Crippen molar-refractivity contribution in [2.45, 2.75) is 32.6 Å². The van der Waals surface area contributed by atoms with Gasteiger partial charge in [0.05, 0.1) is 0 Å². The average Bonchev–Trinajstić information content (AvgIpc) is 2.50. The number of rotatable bonds is 1. The maximum atomic E-state index is 3.55. The topological polar surface area (TPSA) is 3.24 Å². The van der Waals surface area contributed by atoms with Crippen LogP contribution in [0.1, 0.15) is 31.2 Å². The van der Waals surface area contributed by atoms with Crippen LogP contribution in [-0.2, 0) is 0 Å². The van der Waals surface area contributed by atoms with Crippen molar-refractivity contribution in [1.82, 2.24) is 0 Å². The lowest BCUT2D eigenvalue weighted by atomic mass is 10.2. The van der Waals surface area contributed by atoms with Crippen LogP contribution in [-0.4, -0.2) is 13.1 Å². The van der Waals surface area contributed by atoms with Crippen molar-refractivity contribution in [3.8, 4) is 0 Å². The van der Waals surface area contributed by atoms with E-state index in [4.69, 9.17) is 0 Å². The van der Waals surface area contributed by atoms with Crippen molar-refractivity contribution in [3.05, 3.63) is 28.2 Å². The first-order chi connectivity index (χ1) is 7.27. The van der Waals surface area contributed by atoms with Gasteiger partial charge >= 0.3 is 0 Å². The van der Waals surface area contributed by atoms with E-state index in [1.54, 1.807) is 0 Å². The van der Waals surface area contributed by atoms with Gasteiger partial charge in [0.15, 0.2) is 0 Å². The lowest BCUT2D eigenvalue weighted by Gasteiger charge is -2.23. The summed E-state index contributed by atoms with van der Waals surface area (Å²) in [5, 5.41) is 0. The van der Waals surface area contributed by atoms with E-state index in [1.807, 2.05) is 0 Å². The van der Waals surface area contributed by atoms with Crippen molar-refractivity contribution in [1.29, 1.82) is 0 Å². The summed E-state index contributed by atoms with van der Waals surface area (Å²) in [6.07, 6.45) is 5.47. The SMILES string of the molecule is Cc1cc(N2CCCCCC2)ccc1Br. The molecule has 1 nitrogen and oxygen atoms in total. The van der Waals surface area contributed by atoms with Crippen LogP contribution in [0.2, 0.25) is 0 Å². The predicted molar refractivity (Wildman–Crippen MR) is 69.6 cm³/mol. The first-order valence-electron chi connectivity index (χ1n) is 5.78. The fourth-order valence-electron chi connectivity index (χ4n) is 2.15. The molecule has 0 aromatic heterocycles. The third-order valence-corrected chi connectivity index (χ3v) is 4.00. The second-order valence-electron chi connectivity index (χ2n) is 4.33. The molecule has 0 spiro atoms. The highest BCUT2D eigenvalue weighted by molar-refractivity contribution is 9.10. The van der Waals surface area contributed by atoms with Gasteiger partial charge in [-0.25, -0.2) is 0 Å². The number of nitrogens with zero attached hydrogens (tertiary/aromatic N) is 1. The fourth-order valence-corrected chi connectivity index (χ4v) is 2.40. The Hall–Kier alpha value is -0.500. The summed E-state index contributed by atoms with van der Waals surface area (Å²) >= 11 is 3.55. The van der Waals surface area contributed by atoms with E-state index in [-0.39, 0.29) is 0 Å². The van der Waals surface area contributed by atoms with E-state index in [2.05, 4.69) is 46.0 Å². The molecule has 0 saturated carbocycles. The minimum absolute atomic E-state index is 1.21. The largest absolute Gasteiger partial charge is 0.372 e. The Labute approximate surface area is 101 Å². The monoisotopic (exact) mass is 267 g/mol. The molecule has 15 heavy (non-hydrogen) atoms. The zero-order valence-corrected chi connectivity index (χ0v) is 10.9. The molecule has 0 unspecified atom stereocenters. The molecule has 82 valence electrons. The molecule has 1 aliphatic rings. The molecule has 0 N–H and O–H groups in total. The minimum atomic E-state index is 1.21. The molecule has 1 heterocycles. The molecule has 2 heteroatoms. The van der Waals surface area contributed by atoms with Gasteiger partial charge in [0, 0.05) is 23.2 Å². The van der Waals surface area contributed by atoms with Gasteiger partial charge in [-0.15, -0.1) is 0 Å². The molecule has 1 aliphatic heterocycles. The van der Waals surface area contributed by atoms with Crippen molar-refractivity contribution in [3.63, 3.8) is 0 Å². The van der Waals surface area contributed by atoms with Gasteiger partial charge in [0.2, 0.25) is 0 Å². The Balaban J connectivity index is 2.16. The number of halogens is 1. The molecule has 0 amide bonds. The van der Waals surface area contributed by atoms with Crippen LogP contribution < -0.4 is 4.90 Å². The van der Waals surface area contributed by atoms with E-state index >= 15 is 0 Å². The van der Waals surface area contributed by atoms with E-state index in [1.165, 1.54) is 54.5 Å². The average molecular weight is 268 g/mol. The molecular formula is C13H18BrN. The smallest absolute Gasteiger partial charge is 0.0369 e. The van der Waals surface area contributed by atoms with Crippen LogP contribution in [0.3, 0.4) is 0 Å². The van der Waals surface area contributed by atoms with Gasteiger partial charge in [-0.1, -0.05) is 28.8 Å². The molecule has 1 aromatic carbocycles. The molecule has 0 atom stereocenters. The normalized spacial score (nSPS) is 17.6. The lowest BCUT2D eigenvalue weighted by Crippen LogP contribution is -2.23. The second kappa shape index (κ2) is 5.02. The van der Waals surface area contributed by atoms with Crippen LogP contribution in [0.4, 0.5) is 5.69 Å². The Morgan fingerprint density at radius 2 is 1.73 bits per heavy atom. The van der Waals surface area contributed by atoms with Crippen molar-refractivity contribution in [2.24, 2.45) is 0 Å². The van der Waals surface area contributed by atoms with Gasteiger partial charge in [-0.05, 0) is 43.5 Å². The Morgan fingerprint density at radius 3 is 2.33 bits per heavy atom. The lowest BCUT2D eigenvalue weighted by molar-refractivity contribution is 0.726. The predicted octanol–water partition coefficient (Wildman–Crippen LogP) is 4.14. The van der Waals surface area contributed by atoms with Crippen molar-refractivity contribution >= 4 is 21.6 Å². The van der Waals surface area contributed by atoms with Crippen LogP contribution in [0.25, 0.3) is 0 Å². The summed E-state index contributed by atoms with van der Waals surface area (Å²) in [5.74, 6) is 0. The summed E-state index contributed by atoms with van der Waals surface area (Å²) in [5.41, 5.74) is 2.72. The molecule has 0 aliphatic carbocycles. The number of benzene rings is 1. The number of hydrogen-bond acceptors (Lipinski definition) is 1. The highest BCUT2D eigenvalue weighted by Gasteiger charge is 2.10. The van der Waals surface area contributed by atoms with E-state index in [0.717, 1.165) is 0 Å². The maximum absolute atomic E-state index is 3.55. The molecule has 1 fully saturated rings. The second-order valence-corrected chi connectivity index (χ2v) is 5.19. The molecule has 1 saturated heterocycles. The number of aryl methyl sites for hydroxylation is 1. The van der Waals surface area contributed by atoms with Gasteiger partial charge in [-0.2, -0.15) is 0 Å². The first-order valence-corrected chi connectivity index (χ1v) is 6.58. The highest BCUT2D eigenvalue weighted by Crippen LogP contribution is 2.24. The van der Waals surface area contributed by atoms with Crippen LogP contribution >= 0.6 is 15.9 Å². The standard InChI is InChI=1S/C13H18BrN/c1-11-10-12(6-7-13(11)14)15-8-4-2-3-5-9-15/h6-7,10H,2-5,8-9H2,1H3. The third-order valence-electron chi connectivity index (χ3n) is 3.11. The van der Waals surface area contributed by atoms with Gasteiger partial charge in [-0.3, -0.25) is 0 Å². The highest BCUT2D eigenvalue weighted by atomic mass is 79.9. The number of hydrogen-bond donors (Lipinski definition) is 0. The van der Waals surface area contributed by atoms with E-state index in [9.17, 15) is 0 Å². The quantitative estimate of drug-likeness (QED) is 0.740. The van der Waals surface area contributed by atoms with Gasteiger partial charge < -0.3 is 4.90 Å². The van der Waals surface area contributed by atoms with Crippen molar-refractivity contribution in [2.75, 3.05) is 18.0 Å². The number of anilines is 1. The van der Waals surface area contributed by atoms with E-state index < -0.39 is 0 Å². The molecule has 0 radical (unpaired) electrons. The third kappa shape index (κ3) is 2.75. The van der Waals surface area contributed by atoms with Crippen LogP contribution in [0.15, 0.2) is 22.7 Å². The summed E-state index contributed by atoms with van der Waals surface area (Å²) < 4.78 is 1.21. The maximum Gasteiger partial charge on any atom is 0.0369 e. The zero-order valence-electron chi connectivity index (χ0n) is 9.30. The van der Waals surface area contributed by atoms with Crippen LogP contribution in [0, 0.1) is 6.92 Å². The fraction of sp³-hybridized carbons (Fsp3) is 0.538. The van der Waals surface area contributed by atoms with Crippen molar-refractivity contribution < 1.29 is 0 Å². The first kappa shape index (κ1) is 11.0. The Kier molecular flexibility index (Phi) is 3.68. The minimum Gasteiger partial charge on any atom is -0.372 e. The van der Waals surface area contributed by atoms with E-state index in [0.29, 0.717) is 0 Å². The Morgan fingerprint density at radius 1 is 1.07 bits per heavy atom. The summed E-state index contributed by atoms with van der Waals surface area (Å²) in [7, 11) is 0. The van der Waals surface area contributed by atoms with Gasteiger partial charge in [0.1, 0.15) is 0 Å². The molecule has 1 aromatic rings. The molecular weight excluding hydrogens is 250 g/mol. The molecule has 0 bridgehead atoms.